The zero-order chi connectivity index (χ0) is 14.5. The van der Waals surface area contributed by atoms with Crippen LogP contribution < -0.4 is 5.32 Å². The summed E-state index contributed by atoms with van der Waals surface area (Å²) in [6.45, 7) is 7.74. The summed E-state index contributed by atoms with van der Waals surface area (Å²) in [5.41, 5.74) is 2.89. The van der Waals surface area contributed by atoms with Gasteiger partial charge in [-0.25, -0.2) is 4.39 Å². The van der Waals surface area contributed by atoms with Crippen LogP contribution in [-0.4, -0.2) is 13.1 Å². The normalized spacial score (nSPS) is 15.3. The van der Waals surface area contributed by atoms with Crippen molar-refractivity contribution >= 4 is 16.5 Å². The number of aryl methyl sites for hydroxylation is 1. The molecule has 0 saturated carbocycles. The Morgan fingerprint density at radius 3 is 2.80 bits per heavy atom. The van der Waals surface area contributed by atoms with Crippen LogP contribution in [0.2, 0.25) is 0 Å². The van der Waals surface area contributed by atoms with Crippen LogP contribution in [0.25, 0.3) is 16.5 Å². The molecule has 0 unspecified atom stereocenters. The Morgan fingerprint density at radius 1 is 1.20 bits per heavy atom. The minimum absolute atomic E-state index is 0.198. The molecule has 3 heteroatoms. The summed E-state index contributed by atoms with van der Waals surface area (Å²) in [5, 5.41) is 4.16. The van der Waals surface area contributed by atoms with Crippen molar-refractivity contribution in [3.8, 4) is 0 Å². The molecule has 0 fully saturated rings. The number of fused-ring (bicyclic) bond motifs is 1. The molecule has 1 aromatic heterocycles. The molecule has 1 aromatic carbocycles. The van der Waals surface area contributed by atoms with E-state index in [1.54, 1.807) is 6.07 Å². The number of hydrogen-bond acceptors (Lipinski definition) is 2. The third-order valence-electron chi connectivity index (χ3n) is 3.34. The van der Waals surface area contributed by atoms with Gasteiger partial charge in [0.1, 0.15) is 17.2 Å². The Morgan fingerprint density at radius 2 is 2.00 bits per heavy atom. The van der Waals surface area contributed by atoms with Crippen molar-refractivity contribution in [3.63, 3.8) is 0 Å². The maximum Gasteiger partial charge on any atom is 0.141 e. The summed E-state index contributed by atoms with van der Waals surface area (Å²) < 4.78 is 19.4. The highest BCUT2D eigenvalue weighted by atomic mass is 19.1. The van der Waals surface area contributed by atoms with Crippen LogP contribution in [0.3, 0.4) is 0 Å². The molecule has 1 N–H and O–H groups in total. The molecule has 2 heterocycles. The molecule has 1 aliphatic rings. The van der Waals surface area contributed by atoms with Crippen LogP contribution >= 0.6 is 0 Å². The lowest BCUT2D eigenvalue weighted by Crippen LogP contribution is -2.12. The number of benzene rings is 1. The summed E-state index contributed by atoms with van der Waals surface area (Å²) in [4.78, 5) is 0. The topological polar surface area (TPSA) is 25.2 Å². The predicted molar refractivity (Wildman–Crippen MR) is 82.3 cm³/mol. The van der Waals surface area contributed by atoms with E-state index in [1.165, 1.54) is 11.6 Å². The van der Waals surface area contributed by atoms with Crippen molar-refractivity contribution in [1.82, 2.24) is 5.32 Å². The van der Waals surface area contributed by atoms with Crippen LogP contribution in [0, 0.1) is 12.7 Å². The van der Waals surface area contributed by atoms with Crippen molar-refractivity contribution in [3.05, 3.63) is 41.4 Å². The first-order valence-electron chi connectivity index (χ1n) is 7.34. The van der Waals surface area contributed by atoms with E-state index in [4.69, 9.17) is 4.42 Å². The summed E-state index contributed by atoms with van der Waals surface area (Å²) in [6, 6.07) is 5.00. The Labute approximate surface area is 119 Å². The number of allylic oxidation sites excluding steroid dienone is 1. The molecule has 0 aliphatic carbocycles. The van der Waals surface area contributed by atoms with Crippen molar-refractivity contribution in [2.45, 2.75) is 33.6 Å². The average Bonchev–Trinajstić information content (AvgIpc) is 2.67. The van der Waals surface area contributed by atoms with Crippen LogP contribution in [0.5, 0.6) is 0 Å². The number of hydrogen-bond donors (Lipinski definition) is 1. The van der Waals surface area contributed by atoms with Gasteiger partial charge in [-0.05, 0) is 50.1 Å². The lowest BCUT2D eigenvalue weighted by Gasteiger charge is -2.06. The monoisotopic (exact) mass is 275 g/mol. The smallest absolute Gasteiger partial charge is 0.141 e. The lowest BCUT2D eigenvalue weighted by atomic mass is 9.99. The fourth-order valence-electron chi connectivity index (χ4n) is 2.53. The lowest BCUT2D eigenvalue weighted by molar-refractivity contribution is 0.575. The minimum atomic E-state index is -0.198. The summed E-state index contributed by atoms with van der Waals surface area (Å²) in [5.74, 6) is 0.626. The highest BCUT2D eigenvalue weighted by molar-refractivity contribution is 5.90. The summed E-state index contributed by atoms with van der Waals surface area (Å²) in [6.07, 6.45) is 4.17. The van der Waals surface area contributed by atoms with Crippen LogP contribution in [0.4, 0.5) is 4.39 Å². The molecule has 1 aliphatic heterocycles. The quantitative estimate of drug-likeness (QED) is 0.818. The standard InChI is InChI=1S/C15H16FNO.C2H6/c1-10-7-12-8-13(16)9-14(15(12)18-10)11-3-2-5-17-6-4-11;1-2/h4,7-9,17H,2-3,5-6H2,1H3;1-2H3. The third kappa shape index (κ3) is 3.10. The molecular formula is C17H22FNO. The van der Waals surface area contributed by atoms with Gasteiger partial charge in [0.2, 0.25) is 0 Å². The van der Waals surface area contributed by atoms with Gasteiger partial charge in [-0.3, -0.25) is 0 Å². The maximum absolute atomic E-state index is 13.7. The molecular weight excluding hydrogens is 253 g/mol. The van der Waals surface area contributed by atoms with Gasteiger partial charge in [-0.2, -0.15) is 0 Å². The second-order valence-corrected chi connectivity index (χ2v) is 4.77. The summed E-state index contributed by atoms with van der Waals surface area (Å²) >= 11 is 0. The average molecular weight is 275 g/mol. The molecule has 3 rings (SSSR count). The molecule has 0 amide bonds. The van der Waals surface area contributed by atoms with E-state index in [-0.39, 0.29) is 5.82 Å². The Bertz CT molecular complexity index is 613. The second kappa shape index (κ2) is 6.71. The Kier molecular flexibility index (Phi) is 4.96. The number of furan rings is 1. The van der Waals surface area contributed by atoms with E-state index in [0.29, 0.717) is 0 Å². The van der Waals surface area contributed by atoms with E-state index >= 15 is 0 Å². The van der Waals surface area contributed by atoms with Crippen molar-refractivity contribution in [1.29, 1.82) is 0 Å². The molecule has 108 valence electrons. The van der Waals surface area contributed by atoms with Gasteiger partial charge in [-0.1, -0.05) is 19.9 Å². The number of nitrogens with one attached hydrogen (secondary N) is 1. The first-order chi connectivity index (χ1) is 9.74. The first-order valence-corrected chi connectivity index (χ1v) is 7.34. The van der Waals surface area contributed by atoms with Crippen LogP contribution in [-0.2, 0) is 0 Å². The van der Waals surface area contributed by atoms with E-state index < -0.39 is 0 Å². The number of halogens is 1. The molecule has 0 radical (unpaired) electrons. The van der Waals surface area contributed by atoms with E-state index in [0.717, 1.165) is 48.2 Å². The van der Waals surface area contributed by atoms with Crippen LogP contribution in [0.1, 0.15) is 38.0 Å². The molecule has 20 heavy (non-hydrogen) atoms. The van der Waals surface area contributed by atoms with E-state index in [9.17, 15) is 4.39 Å². The largest absolute Gasteiger partial charge is 0.461 e. The highest BCUT2D eigenvalue weighted by Gasteiger charge is 2.13. The van der Waals surface area contributed by atoms with Gasteiger partial charge in [0.05, 0.1) is 0 Å². The van der Waals surface area contributed by atoms with Gasteiger partial charge in [0.25, 0.3) is 0 Å². The van der Waals surface area contributed by atoms with Gasteiger partial charge < -0.3 is 9.73 Å². The van der Waals surface area contributed by atoms with Crippen molar-refractivity contribution in [2.75, 3.05) is 13.1 Å². The van der Waals surface area contributed by atoms with E-state index in [2.05, 4.69) is 11.4 Å². The fourth-order valence-corrected chi connectivity index (χ4v) is 2.53. The maximum atomic E-state index is 13.7. The molecule has 2 aromatic rings. The zero-order valence-corrected chi connectivity index (χ0v) is 12.4. The van der Waals surface area contributed by atoms with Gasteiger partial charge in [0.15, 0.2) is 0 Å². The second-order valence-electron chi connectivity index (χ2n) is 4.77. The molecule has 0 saturated heterocycles. The first kappa shape index (κ1) is 14.8. The van der Waals surface area contributed by atoms with E-state index in [1.807, 2.05) is 26.8 Å². The molecule has 2 nitrogen and oxygen atoms in total. The van der Waals surface area contributed by atoms with Gasteiger partial charge in [-0.15, -0.1) is 0 Å². The minimum Gasteiger partial charge on any atom is -0.461 e. The predicted octanol–water partition coefficient (Wildman–Crippen LogP) is 4.67. The van der Waals surface area contributed by atoms with Gasteiger partial charge >= 0.3 is 0 Å². The Balaban J connectivity index is 0.000000704. The third-order valence-corrected chi connectivity index (χ3v) is 3.34. The van der Waals surface area contributed by atoms with Crippen LogP contribution in [0.15, 0.2) is 28.7 Å². The summed E-state index contributed by atoms with van der Waals surface area (Å²) in [7, 11) is 0. The highest BCUT2D eigenvalue weighted by Crippen LogP contribution is 2.31. The Hall–Kier alpha value is -1.61. The number of rotatable bonds is 1. The molecule has 0 spiro atoms. The van der Waals surface area contributed by atoms with Gasteiger partial charge in [0, 0.05) is 17.5 Å². The molecule has 0 bridgehead atoms. The molecule has 0 atom stereocenters. The fraction of sp³-hybridized carbons (Fsp3) is 0.412. The van der Waals surface area contributed by atoms with Crippen molar-refractivity contribution < 1.29 is 8.81 Å². The zero-order valence-electron chi connectivity index (χ0n) is 12.4. The van der Waals surface area contributed by atoms with Crippen molar-refractivity contribution in [2.24, 2.45) is 0 Å². The SMILES string of the molecule is CC.Cc1cc2cc(F)cc(C3=CCNCCC3)c2o1.